The van der Waals surface area contributed by atoms with Crippen molar-refractivity contribution in [2.75, 3.05) is 45.3 Å². The summed E-state index contributed by atoms with van der Waals surface area (Å²) in [6.45, 7) is 3.44. The average molecular weight is 487 g/mol. The number of aromatic nitrogens is 4. The van der Waals surface area contributed by atoms with Gasteiger partial charge in [-0.3, -0.25) is 14.1 Å². The average Bonchev–Trinajstić information content (AvgIpc) is 3.19. The van der Waals surface area contributed by atoms with E-state index in [2.05, 4.69) is 59.2 Å². The van der Waals surface area contributed by atoms with E-state index in [-0.39, 0.29) is 11.7 Å². The molecule has 2 fully saturated rings. The van der Waals surface area contributed by atoms with Crippen molar-refractivity contribution in [3.05, 3.63) is 53.2 Å². The third-order valence-corrected chi connectivity index (χ3v) is 8.07. The Bertz CT molecular complexity index is 1440. The highest BCUT2D eigenvalue weighted by atomic mass is 16.5. The summed E-state index contributed by atoms with van der Waals surface area (Å²) in [5, 5.41) is 1.00. The molecule has 0 unspecified atom stereocenters. The van der Waals surface area contributed by atoms with Crippen LogP contribution in [-0.4, -0.2) is 70.4 Å². The third-order valence-electron chi connectivity index (χ3n) is 8.07. The monoisotopic (exact) mass is 486 g/mol. The van der Waals surface area contributed by atoms with Gasteiger partial charge in [0.05, 0.1) is 22.7 Å². The summed E-state index contributed by atoms with van der Waals surface area (Å²) in [7, 11) is 6.17. The van der Waals surface area contributed by atoms with Crippen molar-refractivity contribution < 1.29 is 4.74 Å². The van der Waals surface area contributed by atoms with Crippen LogP contribution in [-0.2, 0) is 11.8 Å². The van der Waals surface area contributed by atoms with Gasteiger partial charge < -0.3 is 14.5 Å². The molecule has 36 heavy (non-hydrogen) atoms. The van der Waals surface area contributed by atoms with Crippen molar-refractivity contribution in [1.82, 2.24) is 24.0 Å². The predicted molar refractivity (Wildman–Crippen MR) is 144 cm³/mol. The normalized spacial score (nSPS) is 18.1. The number of benzene rings is 1. The number of hydrogen-bond donors (Lipinski definition) is 0. The van der Waals surface area contributed by atoms with Gasteiger partial charge in [-0.25, -0.2) is 9.78 Å². The number of piperidine rings is 1. The number of rotatable bonds is 4. The van der Waals surface area contributed by atoms with E-state index in [1.807, 2.05) is 24.0 Å². The molecule has 6 rings (SSSR count). The summed E-state index contributed by atoms with van der Waals surface area (Å²) in [6, 6.07) is 11.4. The number of ether oxygens (including phenoxy) is 1. The van der Waals surface area contributed by atoms with Crippen molar-refractivity contribution in [3.8, 4) is 11.1 Å². The highest BCUT2D eigenvalue weighted by Crippen LogP contribution is 2.32. The number of fused-ring (bicyclic) bond motifs is 3. The van der Waals surface area contributed by atoms with Crippen LogP contribution in [0.15, 0.2) is 47.5 Å². The maximum atomic E-state index is 13.3. The Balaban J connectivity index is 1.36. The zero-order valence-electron chi connectivity index (χ0n) is 21.4. The first-order chi connectivity index (χ1) is 17.5. The summed E-state index contributed by atoms with van der Waals surface area (Å²) in [5.41, 5.74) is 4.89. The molecule has 2 aliphatic rings. The van der Waals surface area contributed by atoms with E-state index >= 15 is 0 Å². The first kappa shape index (κ1) is 23.2. The van der Waals surface area contributed by atoms with Crippen LogP contribution in [0.1, 0.15) is 31.7 Å². The van der Waals surface area contributed by atoms with Gasteiger partial charge in [0.1, 0.15) is 5.82 Å². The summed E-state index contributed by atoms with van der Waals surface area (Å²) in [6.07, 6.45) is 7.81. The van der Waals surface area contributed by atoms with Crippen LogP contribution in [0.3, 0.4) is 0 Å². The summed E-state index contributed by atoms with van der Waals surface area (Å²) in [4.78, 5) is 27.5. The van der Waals surface area contributed by atoms with E-state index in [1.54, 1.807) is 4.57 Å². The van der Waals surface area contributed by atoms with E-state index in [0.717, 1.165) is 77.7 Å². The van der Waals surface area contributed by atoms with Gasteiger partial charge in [-0.05, 0) is 69.6 Å². The Labute approximate surface area is 211 Å². The van der Waals surface area contributed by atoms with Crippen LogP contribution in [0.5, 0.6) is 0 Å². The van der Waals surface area contributed by atoms with Gasteiger partial charge >= 0.3 is 5.69 Å². The van der Waals surface area contributed by atoms with Crippen molar-refractivity contribution >= 4 is 27.8 Å². The molecule has 0 N–H and O–H groups in total. The van der Waals surface area contributed by atoms with Crippen molar-refractivity contribution in [1.29, 1.82) is 0 Å². The zero-order valence-corrected chi connectivity index (χ0v) is 21.4. The van der Waals surface area contributed by atoms with Gasteiger partial charge in [0.25, 0.3) is 0 Å². The molecule has 3 aromatic heterocycles. The van der Waals surface area contributed by atoms with E-state index in [0.29, 0.717) is 19.3 Å². The molecule has 0 spiro atoms. The summed E-state index contributed by atoms with van der Waals surface area (Å²) < 4.78 is 9.26. The fourth-order valence-electron chi connectivity index (χ4n) is 5.84. The number of aryl methyl sites for hydroxylation is 1. The van der Waals surface area contributed by atoms with E-state index in [1.165, 1.54) is 0 Å². The Morgan fingerprint density at radius 1 is 0.944 bits per heavy atom. The van der Waals surface area contributed by atoms with E-state index in [4.69, 9.17) is 9.72 Å². The topological polar surface area (TPSA) is 68.4 Å². The Kier molecular flexibility index (Phi) is 6.01. The van der Waals surface area contributed by atoms with Crippen LogP contribution >= 0.6 is 0 Å². The van der Waals surface area contributed by atoms with Crippen LogP contribution in [0, 0.1) is 0 Å². The van der Waals surface area contributed by atoms with Gasteiger partial charge in [0, 0.05) is 62.6 Å². The molecule has 0 saturated carbocycles. The summed E-state index contributed by atoms with van der Waals surface area (Å²) >= 11 is 0. The maximum Gasteiger partial charge on any atom is 0.329 e. The summed E-state index contributed by atoms with van der Waals surface area (Å²) in [5.74, 6) is 1.04. The number of hydrogen-bond acceptors (Lipinski definition) is 6. The minimum Gasteiger partial charge on any atom is -0.381 e. The van der Waals surface area contributed by atoms with Crippen LogP contribution < -0.4 is 10.6 Å². The lowest BCUT2D eigenvalue weighted by molar-refractivity contribution is 0.0697. The number of pyridine rings is 2. The van der Waals surface area contributed by atoms with E-state index < -0.39 is 0 Å². The number of nitrogens with zero attached hydrogens (tertiary/aromatic N) is 6. The van der Waals surface area contributed by atoms with Crippen LogP contribution in [0.2, 0.25) is 0 Å². The molecule has 0 aliphatic carbocycles. The molecule has 188 valence electrons. The SMILES string of the molecule is CN(C)C1CCN(c2ccc(-c3ccc4ncc5c(c4c3)n(C3CCOCC3)c(=O)n5C)cn2)CC1. The minimum absolute atomic E-state index is 0.0145. The van der Waals surface area contributed by atoms with Gasteiger partial charge in [0.2, 0.25) is 0 Å². The highest BCUT2D eigenvalue weighted by molar-refractivity contribution is 6.04. The molecule has 0 amide bonds. The Hall–Kier alpha value is -3.23. The molecule has 8 heteroatoms. The van der Waals surface area contributed by atoms with Gasteiger partial charge in [-0.2, -0.15) is 0 Å². The van der Waals surface area contributed by atoms with Gasteiger partial charge in [-0.15, -0.1) is 0 Å². The fraction of sp³-hybridized carbons (Fsp3) is 0.464. The largest absolute Gasteiger partial charge is 0.381 e. The molecule has 0 bridgehead atoms. The Morgan fingerprint density at radius 2 is 1.69 bits per heavy atom. The van der Waals surface area contributed by atoms with Crippen molar-refractivity contribution in [2.45, 2.75) is 37.8 Å². The van der Waals surface area contributed by atoms with Gasteiger partial charge in [0.15, 0.2) is 0 Å². The first-order valence-corrected chi connectivity index (χ1v) is 13.0. The highest BCUT2D eigenvalue weighted by Gasteiger charge is 2.24. The first-order valence-electron chi connectivity index (χ1n) is 13.0. The van der Waals surface area contributed by atoms with Gasteiger partial charge in [-0.1, -0.05) is 6.07 Å². The molecule has 0 atom stereocenters. The maximum absolute atomic E-state index is 13.3. The molecule has 2 saturated heterocycles. The third kappa shape index (κ3) is 3.98. The molecule has 5 heterocycles. The van der Waals surface area contributed by atoms with Crippen LogP contribution in [0.25, 0.3) is 33.1 Å². The van der Waals surface area contributed by atoms with Crippen molar-refractivity contribution in [2.24, 2.45) is 7.05 Å². The number of imidazole rings is 1. The minimum atomic E-state index is 0.0145. The lowest BCUT2D eigenvalue weighted by Crippen LogP contribution is -2.42. The quantitative estimate of drug-likeness (QED) is 0.437. The molecular formula is C28H34N6O2. The molecule has 2 aliphatic heterocycles. The second kappa shape index (κ2) is 9.33. The zero-order chi connectivity index (χ0) is 24.8. The second-order valence-corrected chi connectivity index (χ2v) is 10.4. The lowest BCUT2D eigenvalue weighted by atomic mass is 10.0. The number of anilines is 1. The smallest absolute Gasteiger partial charge is 0.329 e. The molecule has 0 radical (unpaired) electrons. The molecule has 4 aromatic rings. The molecule has 1 aromatic carbocycles. The van der Waals surface area contributed by atoms with Crippen molar-refractivity contribution in [3.63, 3.8) is 0 Å². The van der Waals surface area contributed by atoms with Crippen LogP contribution in [0.4, 0.5) is 5.82 Å². The molecular weight excluding hydrogens is 452 g/mol. The Morgan fingerprint density at radius 3 is 2.39 bits per heavy atom. The predicted octanol–water partition coefficient (Wildman–Crippen LogP) is 3.83. The standard InChI is InChI=1S/C28H34N6O2/c1-31(2)21-8-12-33(13-9-21)26-7-5-20(17-30-26)19-4-6-24-23(16-19)27-25(18-29-24)32(3)28(35)34(27)22-10-14-36-15-11-22/h4-7,16-18,21-22H,8-15H2,1-3H3. The lowest BCUT2D eigenvalue weighted by Gasteiger charge is -2.35. The molecule has 8 nitrogen and oxygen atoms in total. The second-order valence-electron chi connectivity index (χ2n) is 10.4. The van der Waals surface area contributed by atoms with E-state index in [9.17, 15) is 4.79 Å². The fourth-order valence-corrected chi connectivity index (χ4v) is 5.84.